The van der Waals surface area contributed by atoms with E-state index in [4.69, 9.17) is 9.84 Å². The van der Waals surface area contributed by atoms with Crippen LogP contribution in [-0.2, 0) is 4.79 Å². The topological polar surface area (TPSA) is 63.6 Å². The lowest BCUT2D eigenvalue weighted by Gasteiger charge is -2.22. The molecule has 1 aromatic carbocycles. The average Bonchev–Trinajstić information content (AvgIpc) is 2.18. The van der Waals surface area contributed by atoms with Crippen LogP contribution in [0.4, 0.5) is 0 Å². The first kappa shape index (κ1) is 10.2. The number of halogens is 1. The zero-order valence-electron chi connectivity index (χ0n) is 7.57. The van der Waals surface area contributed by atoms with Crippen LogP contribution in [0.15, 0.2) is 22.7 Å². The second-order valence-electron chi connectivity index (χ2n) is 3.21. The highest BCUT2D eigenvalue weighted by Gasteiger charge is 2.31. The fourth-order valence-corrected chi connectivity index (χ4v) is 1.79. The minimum absolute atomic E-state index is 0.112. The zero-order chi connectivity index (χ0) is 11.0. The highest BCUT2D eigenvalue weighted by atomic mass is 79.9. The summed E-state index contributed by atoms with van der Waals surface area (Å²) < 4.78 is 5.95. The van der Waals surface area contributed by atoms with E-state index in [1.807, 2.05) is 0 Å². The third-order valence-corrected chi connectivity index (χ3v) is 2.65. The van der Waals surface area contributed by atoms with Crippen LogP contribution < -0.4 is 4.74 Å². The number of aliphatic carboxylic acids is 1. The molecule has 1 atom stereocenters. The SMILES string of the molecule is O=C1CC(C(=O)O)Oc2ccc(Br)cc21. The van der Waals surface area contributed by atoms with E-state index in [0.717, 1.165) is 4.47 Å². The van der Waals surface area contributed by atoms with Gasteiger partial charge in [-0.15, -0.1) is 0 Å². The van der Waals surface area contributed by atoms with Gasteiger partial charge in [-0.05, 0) is 18.2 Å². The highest BCUT2D eigenvalue weighted by Crippen LogP contribution is 2.30. The van der Waals surface area contributed by atoms with E-state index in [1.165, 1.54) is 0 Å². The number of rotatable bonds is 1. The summed E-state index contributed by atoms with van der Waals surface area (Å²) in [5, 5.41) is 8.75. The number of ketones is 1. The van der Waals surface area contributed by atoms with Crippen LogP contribution in [-0.4, -0.2) is 23.0 Å². The van der Waals surface area contributed by atoms with Gasteiger partial charge in [-0.25, -0.2) is 4.79 Å². The number of carbonyl (C=O) groups is 2. The number of carboxylic acid groups (broad SMARTS) is 1. The molecule has 0 spiro atoms. The Morgan fingerprint density at radius 3 is 2.93 bits per heavy atom. The van der Waals surface area contributed by atoms with Crippen molar-refractivity contribution in [2.75, 3.05) is 0 Å². The summed E-state index contributed by atoms with van der Waals surface area (Å²) in [6.45, 7) is 0. The fraction of sp³-hybridized carbons (Fsp3) is 0.200. The van der Waals surface area contributed by atoms with Crippen LogP contribution in [0.3, 0.4) is 0 Å². The van der Waals surface area contributed by atoms with Gasteiger partial charge in [-0.3, -0.25) is 4.79 Å². The largest absolute Gasteiger partial charge is 0.478 e. The zero-order valence-corrected chi connectivity index (χ0v) is 9.15. The molecular formula is C10H7BrO4. The minimum Gasteiger partial charge on any atom is -0.478 e. The van der Waals surface area contributed by atoms with Crippen molar-refractivity contribution in [1.29, 1.82) is 0 Å². The molecule has 5 heteroatoms. The number of benzene rings is 1. The monoisotopic (exact) mass is 270 g/mol. The number of hydrogen-bond donors (Lipinski definition) is 1. The van der Waals surface area contributed by atoms with Gasteiger partial charge in [0.15, 0.2) is 5.78 Å². The van der Waals surface area contributed by atoms with Crippen molar-refractivity contribution >= 4 is 27.7 Å². The number of fused-ring (bicyclic) bond motifs is 1. The van der Waals surface area contributed by atoms with Crippen LogP contribution in [0.2, 0.25) is 0 Å². The van der Waals surface area contributed by atoms with Gasteiger partial charge < -0.3 is 9.84 Å². The van der Waals surface area contributed by atoms with Gasteiger partial charge in [0.25, 0.3) is 0 Å². The van der Waals surface area contributed by atoms with E-state index in [0.29, 0.717) is 11.3 Å². The van der Waals surface area contributed by atoms with E-state index in [-0.39, 0.29) is 12.2 Å². The van der Waals surface area contributed by atoms with Gasteiger partial charge >= 0.3 is 5.97 Å². The molecule has 4 nitrogen and oxygen atoms in total. The number of ether oxygens (including phenoxy) is 1. The second kappa shape index (κ2) is 3.66. The second-order valence-corrected chi connectivity index (χ2v) is 4.13. The van der Waals surface area contributed by atoms with E-state index in [2.05, 4.69) is 15.9 Å². The molecular weight excluding hydrogens is 264 g/mol. The number of carbonyl (C=O) groups excluding carboxylic acids is 1. The van der Waals surface area contributed by atoms with Gasteiger partial charge in [0.1, 0.15) is 5.75 Å². The lowest BCUT2D eigenvalue weighted by atomic mass is 10.0. The van der Waals surface area contributed by atoms with Crippen molar-refractivity contribution < 1.29 is 19.4 Å². The standard InChI is InChI=1S/C10H7BrO4/c11-5-1-2-8-6(3-5)7(12)4-9(15-8)10(13)14/h1-3,9H,4H2,(H,13,14). The summed E-state index contributed by atoms with van der Waals surface area (Å²) in [7, 11) is 0. The highest BCUT2D eigenvalue weighted by molar-refractivity contribution is 9.10. The maximum Gasteiger partial charge on any atom is 0.345 e. The molecule has 0 fully saturated rings. The Labute approximate surface area is 94.0 Å². The molecule has 0 saturated heterocycles. The van der Waals surface area contributed by atoms with Crippen molar-refractivity contribution in [3.8, 4) is 5.75 Å². The number of hydrogen-bond acceptors (Lipinski definition) is 3. The van der Waals surface area contributed by atoms with Gasteiger partial charge in [0.05, 0.1) is 12.0 Å². The molecule has 0 aliphatic carbocycles. The predicted molar refractivity (Wildman–Crippen MR) is 55.1 cm³/mol. The molecule has 0 bridgehead atoms. The normalized spacial score (nSPS) is 19.3. The third kappa shape index (κ3) is 1.87. The fourth-order valence-electron chi connectivity index (χ4n) is 1.43. The molecule has 1 aliphatic rings. The molecule has 1 aromatic rings. The molecule has 1 heterocycles. The molecule has 2 rings (SSSR count). The maximum absolute atomic E-state index is 11.6. The minimum atomic E-state index is -1.11. The van der Waals surface area contributed by atoms with E-state index in [9.17, 15) is 9.59 Å². The lowest BCUT2D eigenvalue weighted by Crippen LogP contribution is -2.33. The van der Waals surface area contributed by atoms with Gasteiger partial charge in [0.2, 0.25) is 6.10 Å². The van der Waals surface area contributed by atoms with Crippen LogP contribution in [0.25, 0.3) is 0 Å². The van der Waals surface area contributed by atoms with Gasteiger partial charge in [-0.1, -0.05) is 15.9 Å². The Hall–Kier alpha value is -1.36. The summed E-state index contributed by atoms with van der Waals surface area (Å²) in [4.78, 5) is 22.3. The van der Waals surface area contributed by atoms with Gasteiger partial charge in [-0.2, -0.15) is 0 Å². The summed E-state index contributed by atoms with van der Waals surface area (Å²) in [5.74, 6) is -0.983. The van der Waals surface area contributed by atoms with Gasteiger partial charge in [0, 0.05) is 4.47 Å². The predicted octanol–water partition coefficient (Wildman–Crippen LogP) is 1.87. The van der Waals surface area contributed by atoms with E-state index in [1.54, 1.807) is 18.2 Å². The molecule has 0 radical (unpaired) electrons. The van der Waals surface area contributed by atoms with Crippen LogP contribution in [0.5, 0.6) is 5.75 Å². The molecule has 1 unspecified atom stereocenters. The lowest BCUT2D eigenvalue weighted by molar-refractivity contribution is -0.145. The molecule has 0 saturated carbocycles. The Kier molecular flexibility index (Phi) is 2.48. The van der Waals surface area contributed by atoms with E-state index < -0.39 is 12.1 Å². The quantitative estimate of drug-likeness (QED) is 0.846. The Morgan fingerprint density at radius 1 is 1.53 bits per heavy atom. The van der Waals surface area contributed by atoms with Crippen molar-refractivity contribution in [3.05, 3.63) is 28.2 Å². The molecule has 15 heavy (non-hydrogen) atoms. The Balaban J connectivity index is 2.41. The Bertz CT molecular complexity index is 441. The molecule has 0 amide bonds. The summed E-state index contributed by atoms with van der Waals surface area (Å²) in [6, 6.07) is 4.93. The van der Waals surface area contributed by atoms with Crippen LogP contribution >= 0.6 is 15.9 Å². The van der Waals surface area contributed by atoms with Crippen molar-refractivity contribution in [3.63, 3.8) is 0 Å². The van der Waals surface area contributed by atoms with Crippen molar-refractivity contribution in [2.24, 2.45) is 0 Å². The summed E-state index contributed by atoms with van der Waals surface area (Å²) in [5.41, 5.74) is 0.432. The first-order valence-electron chi connectivity index (χ1n) is 4.30. The smallest absolute Gasteiger partial charge is 0.345 e. The molecule has 78 valence electrons. The van der Waals surface area contributed by atoms with E-state index >= 15 is 0 Å². The summed E-state index contributed by atoms with van der Waals surface area (Å²) >= 11 is 3.24. The number of Topliss-reactive ketones (excluding diaryl/α,β-unsaturated/α-hetero) is 1. The molecule has 1 N–H and O–H groups in total. The third-order valence-electron chi connectivity index (χ3n) is 2.16. The number of carboxylic acids is 1. The van der Waals surface area contributed by atoms with Crippen LogP contribution in [0.1, 0.15) is 16.8 Å². The first-order chi connectivity index (χ1) is 7.08. The average molecular weight is 271 g/mol. The van der Waals surface area contributed by atoms with Crippen molar-refractivity contribution in [2.45, 2.75) is 12.5 Å². The van der Waals surface area contributed by atoms with Crippen LogP contribution in [0, 0.1) is 0 Å². The summed E-state index contributed by atoms with van der Waals surface area (Å²) in [6.07, 6.45) is -1.18. The first-order valence-corrected chi connectivity index (χ1v) is 5.09. The Morgan fingerprint density at radius 2 is 2.27 bits per heavy atom. The molecule has 1 aliphatic heterocycles. The molecule has 0 aromatic heterocycles. The van der Waals surface area contributed by atoms with Crippen molar-refractivity contribution in [1.82, 2.24) is 0 Å². The maximum atomic E-state index is 11.6.